The second kappa shape index (κ2) is 6.14. The molecule has 19 heavy (non-hydrogen) atoms. The van der Waals surface area contributed by atoms with E-state index in [2.05, 4.69) is 0 Å². The van der Waals surface area contributed by atoms with E-state index in [1.807, 2.05) is 6.26 Å². The standard InChI is InChI=1S/C13H17NO4S/c1-19-10-4-2-3-5-14(7-10)12(15)11-6-9(8-18-11)13(16)17/h6,8,10H,2-5,7H2,1H3,(H,16,17). The topological polar surface area (TPSA) is 70.8 Å². The number of hydrogen-bond acceptors (Lipinski definition) is 4. The third-order valence-electron chi connectivity index (χ3n) is 3.31. The van der Waals surface area contributed by atoms with Crippen molar-refractivity contribution in [1.29, 1.82) is 0 Å². The highest BCUT2D eigenvalue weighted by molar-refractivity contribution is 7.99. The third-order valence-corrected chi connectivity index (χ3v) is 4.36. The van der Waals surface area contributed by atoms with Gasteiger partial charge in [-0.1, -0.05) is 6.42 Å². The highest BCUT2D eigenvalue weighted by Crippen LogP contribution is 2.22. The molecule has 1 aliphatic rings. The molecule has 0 radical (unpaired) electrons. The van der Waals surface area contributed by atoms with Crippen LogP contribution in [0.25, 0.3) is 0 Å². The molecule has 1 atom stereocenters. The van der Waals surface area contributed by atoms with E-state index in [4.69, 9.17) is 9.52 Å². The summed E-state index contributed by atoms with van der Waals surface area (Å²) in [5.74, 6) is -1.19. The predicted octanol–water partition coefficient (Wildman–Crippen LogP) is 2.34. The lowest BCUT2D eigenvalue weighted by Gasteiger charge is -2.22. The zero-order valence-electron chi connectivity index (χ0n) is 10.8. The van der Waals surface area contributed by atoms with Crippen LogP contribution in [0, 0.1) is 0 Å². The molecule has 0 aromatic carbocycles. The Morgan fingerprint density at radius 2 is 2.26 bits per heavy atom. The van der Waals surface area contributed by atoms with Crippen LogP contribution in [0.2, 0.25) is 0 Å². The fourth-order valence-electron chi connectivity index (χ4n) is 2.20. The number of carboxylic acid groups (broad SMARTS) is 1. The summed E-state index contributed by atoms with van der Waals surface area (Å²) < 4.78 is 5.07. The van der Waals surface area contributed by atoms with Crippen LogP contribution in [0.3, 0.4) is 0 Å². The lowest BCUT2D eigenvalue weighted by atomic mass is 10.2. The average Bonchev–Trinajstić information content (AvgIpc) is 2.77. The monoisotopic (exact) mass is 283 g/mol. The second-order valence-corrected chi connectivity index (χ2v) is 5.75. The van der Waals surface area contributed by atoms with E-state index >= 15 is 0 Å². The summed E-state index contributed by atoms with van der Waals surface area (Å²) in [6, 6.07) is 1.30. The van der Waals surface area contributed by atoms with Gasteiger partial charge in [-0.3, -0.25) is 4.79 Å². The van der Waals surface area contributed by atoms with Crippen LogP contribution in [0.5, 0.6) is 0 Å². The minimum absolute atomic E-state index is 0.0135. The number of aromatic carboxylic acids is 1. The number of carboxylic acids is 1. The van der Waals surface area contributed by atoms with Crippen LogP contribution in [0.15, 0.2) is 16.7 Å². The predicted molar refractivity (Wildman–Crippen MR) is 72.7 cm³/mol. The SMILES string of the molecule is CSC1CCCCN(C(=O)c2cc(C(=O)O)co2)C1. The maximum absolute atomic E-state index is 12.3. The lowest BCUT2D eigenvalue weighted by molar-refractivity contribution is 0.0694. The van der Waals surface area contributed by atoms with Crippen molar-refractivity contribution in [3.63, 3.8) is 0 Å². The number of thioether (sulfide) groups is 1. The van der Waals surface area contributed by atoms with E-state index in [-0.39, 0.29) is 17.2 Å². The number of carbonyl (C=O) groups excluding carboxylic acids is 1. The molecule has 1 amide bonds. The van der Waals surface area contributed by atoms with Crippen LogP contribution in [0.1, 0.15) is 40.2 Å². The highest BCUT2D eigenvalue weighted by atomic mass is 32.2. The molecule has 1 aromatic rings. The molecular weight excluding hydrogens is 266 g/mol. The molecular formula is C13H17NO4S. The van der Waals surface area contributed by atoms with Crippen LogP contribution < -0.4 is 0 Å². The van der Waals surface area contributed by atoms with Crippen molar-refractivity contribution in [1.82, 2.24) is 4.90 Å². The van der Waals surface area contributed by atoms with Gasteiger partial charge in [-0.2, -0.15) is 11.8 Å². The van der Waals surface area contributed by atoms with E-state index in [1.165, 1.54) is 6.07 Å². The normalized spacial score (nSPS) is 20.1. The summed E-state index contributed by atoms with van der Waals surface area (Å²) in [6.45, 7) is 1.40. The van der Waals surface area contributed by atoms with Crippen molar-refractivity contribution in [2.75, 3.05) is 19.3 Å². The smallest absolute Gasteiger partial charge is 0.338 e. The van der Waals surface area contributed by atoms with Crippen molar-refractivity contribution < 1.29 is 19.1 Å². The molecule has 6 heteroatoms. The summed E-state index contributed by atoms with van der Waals surface area (Å²) in [7, 11) is 0. The van der Waals surface area contributed by atoms with Gasteiger partial charge in [-0.15, -0.1) is 0 Å². The van der Waals surface area contributed by atoms with E-state index in [9.17, 15) is 9.59 Å². The molecule has 1 aromatic heterocycles. The Hall–Kier alpha value is -1.43. The summed E-state index contributed by atoms with van der Waals surface area (Å²) in [5.41, 5.74) is 0.0135. The molecule has 2 rings (SSSR count). The van der Waals surface area contributed by atoms with Crippen LogP contribution in [0.4, 0.5) is 0 Å². The summed E-state index contributed by atoms with van der Waals surface area (Å²) in [6.07, 6.45) is 6.38. The number of likely N-dealkylation sites (tertiary alicyclic amines) is 1. The average molecular weight is 283 g/mol. The number of rotatable bonds is 3. The fourth-order valence-corrected chi connectivity index (χ4v) is 2.93. The zero-order valence-corrected chi connectivity index (χ0v) is 11.6. The van der Waals surface area contributed by atoms with E-state index in [0.29, 0.717) is 18.3 Å². The minimum Gasteiger partial charge on any atom is -0.478 e. The Bertz CT molecular complexity index is 471. The van der Waals surface area contributed by atoms with Gasteiger partial charge in [0.25, 0.3) is 5.91 Å². The molecule has 1 aliphatic heterocycles. The number of amides is 1. The van der Waals surface area contributed by atoms with Gasteiger partial charge >= 0.3 is 5.97 Å². The number of nitrogens with zero attached hydrogens (tertiary/aromatic N) is 1. The van der Waals surface area contributed by atoms with Gasteiger partial charge in [-0.25, -0.2) is 4.79 Å². The first-order valence-electron chi connectivity index (χ1n) is 6.25. The molecule has 1 fully saturated rings. The Morgan fingerprint density at radius 3 is 2.89 bits per heavy atom. The Balaban J connectivity index is 2.10. The van der Waals surface area contributed by atoms with Gasteiger partial charge in [0.1, 0.15) is 6.26 Å². The van der Waals surface area contributed by atoms with Crippen molar-refractivity contribution in [2.45, 2.75) is 24.5 Å². The summed E-state index contributed by atoms with van der Waals surface area (Å²) in [5, 5.41) is 9.27. The largest absolute Gasteiger partial charge is 0.478 e. The molecule has 1 saturated heterocycles. The van der Waals surface area contributed by atoms with E-state index in [1.54, 1.807) is 16.7 Å². The molecule has 1 N–H and O–H groups in total. The number of hydrogen-bond donors (Lipinski definition) is 1. The number of furan rings is 1. The van der Waals surface area contributed by atoms with E-state index < -0.39 is 5.97 Å². The van der Waals surface area contributed by atoms with Crippen LogP contribution >= 0.6 is 11.8 Å². The van der Waals surface area contributed by atoms with Gasteiger partial charge in [0.15, 0.2) is 5.76 Å². The highest BCUT2D eigenvalue weighted by Gasteiger charge is 2.25. The first-order valence-corrected chi connectivity index (χ1v) is 7.54. The fraction of sp³-hybridized carbons (Fsp3) is 0.538. The van der Waals surface area contributed by atoms with Crippen molar-refractivity contribution in [3.8, 4) is 0 Å². The summed E-state index contributed by atoms with van der Waals surface area (Å²) >= 11 is 1.77. The van der Waals surface area contributed by atoms with Crippen molar-refractivity contribution >= 4 is 23.6 Å². The summed E-state index contributed by atoms with van der Waals surface area (Å²) in [4.78, 5) is 24.8. The Kier molecular flexibility index (Phi) is 4.52. The minimum atomic E-state index is -1.08. The first kappa shape index (κ1) is 14.0. The molecule has 2 heterocycles. The second-order valence-electron chi connectivity index (χ2n) is 4.61. The maximum atomic E-state index is 12.3. The first-order chi connectivity index (χ1) is 9.11. The Labute approximate surface area is 116 Å². The van der Waals surface area contributed by atoms with Crippen molar-refractivity contribution in [2.24, 2.45) is 0 Å². The van der Waals surface area contributed by atoms with Crippen LogP contribution in [-0.4, -0.2) is 46.5 Å². The maximum Gasteiger partial charge on any atom is 0.338 e. The molecule has 104 valence electrons. The lowest BCUT2D eigenvalue weighted by Crippen LogP contribution is -2.35. The van der Waals surface area contributed by atoms with Crippen molar-refractivity contribution in [3.05, 3.63) is 23.7 Å². The quantitative estimate of drug-likeness (QED) is 0.922. The molecule has 0 saturated carbocycles. The third kappa shape index (κ3) is 3.32. The van der Waals surface area contributed by atoms with Gasteiger partial charge in [-0.05, 0) is 19.1 Å². The molecule has 0 aliphatic carbocycles. The molecule has 0 bridgehead atoms. The molecule has 0 spiro atoms. The van der Waals surface area contributed by atoms with Crippen LogP contribution in [-0.2, 0) is 0 Å². The van der Waals surface area contributed by atoms with E-state index in [0.717, 1.165) is 25.5 Å². The van der Waals surface area contributed by atoms with Gasteiger partial charge < -0.3 is 14.4 Å². The van der Waals surface area contributed by atoms with Gasteiger partial charge in [0.2, 0.25) is 0 Å². The molecule has 1 unspecified atom stereocenters. The van der Waals surface area contributed by atoms with Gasteiger partial charge in [0.05, 0.1) is 5.56 Å². The van der Waals surface area contributed by atoms with Gasteiger partial charge in [0, 0.05) is 24.4 Å². The number of carbonyl (C=O) groups is 2. The Morgan fingerprint density at radius 1 is 1.47 bits per heavy atom. The zero-order chi connectivity index (χ0) is 13.8. The molecule has 5 nitrogen and oxygen atoms in total.